The number of carbonyl (C=O) groups excluding carboxylic acids is 1. The van der Waals surface area contributed by atoms with E-state index in [1.807, 2.05) is 30.0 Å². The van der Waals surface area contributed by atoms with E-state index < -0.39 is 11.6 Å². The van der Waals surface area contributed by atoms with Gasteiger partial charge in [-0.15, -0.1) is 0 Å². The number of rotatable bonds is 2. The van der Waals surface area contributed by atoms with Gasteiger partial charge in [0.15, 0.2) is 11.6 Å². The first-order valence-electron chi connectivity index (χ1n) is 11.5. The number of nitrogens with one attached hydrogen (secondary N) is 1. The third-order valence-corrected chi connectivity index (χ3v) is 7.43. The molecular formula is C26H27F2N3O2. The number of benzene rings is 2. The Balaban J connectivity index is 1.27. The number of aromatic amines is 1. The molecule has 2 aliphatic heterocycles. The van der Waals surface area contributed by atoms with Crippen LogP contribution in [-0.2, 0) is 0 Å². The number of H-pyrrole nitrogens is 1. The Morgan fingerprint density at radius 2 is 1.61 bits per heavy atom. The number of nitrogens with zero attached hydrogens (tertiary/aromatic N) is 2. The molecule has 1 aromatic heterocycles. The van der Waals surface area contributed by atoms with Gasteiger partial charge in [0.25, 0.3) is 5.91 Å². The van der Waals surface area contributed by atoms with Crippen molar-refractivity contribution in [1.29, 1.82) is 0 Å². The summed E-state index contributed by atoms with van der Waals surface area (Å²) >= 11 is 0. The highest BCUT2D eigenvalue weighted by Crippen LogP contribution is 2.42. The molecule has 0 saturated carbocycles. The second-order valence-corrected chi connectivity index (χ2v) is 9.47. The Hall–Kier alpha value is -3.22. The maximum Gasteiger partial charge on any atom is 0.254 e. The molecule has 2 fully saturated rings. The summed E-state index contributed by atoms with van der Waals surface area (Å²) in [5.41, 5.74) is 2.78. The third-order valence-electron chi connectivity index (χ3n) is 7.43. The minimum Gasteiger partial charge on any atom is -0.371 e. The zero-order chi connectivity index (χ0) is 23.2. The van der Waals surface area contributed by atoms with Crippen LogP contribution in [0, 0.1) is 24.0 Å². The van der Waals surface area contributed by atoms with Crippen LogP contribution in [0.25, 0.3) is 10.9 Å². The predicted octanol–water partition coefficient (Wildman–Crippen LogP) is 4.64. The summed E-state index contributed by atoms with van der Waals surface area (Å²) in [6, 6.07) is 11.2. The van der Waals surface area contributed by atoms with E-state index >= 15 is 0 Å². The van der Waals surface area contributed by atoms with Crippen molar-refractivity contribution in [3.8, 4) is 0 Å². The number of hydrogen-bond acceptors (Lipinski definition) is 3. The summed E-state index contributed by atoms with van der Waals surface area (Å²) in [7, 11) is 0. The number of anilines is 1. The van der Waals surface area contributed by atoms with E-state index in [-0.39, 0.29) is 16.9 Å². The molecule has 3 heterocycles. The van der Waals surface area contributed by atoms with Gasteiger partial charge in [0.1, 0.15) is 0 Å². The normalized spacial score (nSPS) is 18.2. The molecule has 1 N–H and O–H groups in total. The minimum absolute atomic E-state index is 0.0919. The van der Waals surface area contributed by atoms with Crippen molar-refractivity contribution in [3.63, 3.8) is 0 Å². The van der Waals surface area contributed by atoms with E-state index in [1.165, 1.54) is 18.2 Å². The van der Waals surface area contributed by atoms with Crippen LogP contribution in [0.5, 0.6) is 0 Å². The average Bonchev–Trinajstić information content (AvgIpc) is 2.81. The molecule has 5 nitrogen and oxygen atoms in total. The van der Waals surface area contributed by atoms with Crippen molar-refractivity contribution in [3.05, 3.63) is 75.6 Å². The quantitative estimate of drug-likeness (QED) is 0.618. The maximum absolute atomic E-state index is 13.6. The molecule has 0 aliphatic carbocycles. The van der Waals surface area contributed by atoms with Gasteiger partial charge in [-0.05, 0) is 62.3 Å². The lowest BCUT2D eigenvalue weighted by Gasteiger charge is -2.47. The summed E-state index contributed by atoms with van der Waals surface area (Å²) in [5.74, 6) is -1.74. The fraction of sp³-hybridized carbons (Fsp3) is 0.385. The molecule has 5 rings (SSSR count). The van der Waals surface area contributed by atoms with E-state index in [0.29, 0.717) is 29.9 Å². The van der Waals surface area contributed by atoms with Crippen molar-refractivity contribution in [2.45, 2.75) is 32.6 Å². The highest BCUT2D eigenvalue weighted by Gasteiger charge is 2.39. The monoisotopic (exact) mass is 451 g/mol. The number of pyridine rings is 1. The first-order chi connectivity index (χ1) is 15.8. The SMILES string of the molecule is Cc1ccc2[nH]c(=O)cc(C(=O)N3CCC4(CC3)CCN(c3ccc(F)c(F)c3)CC4)c2c1. The van der Waals surface area contributed by atoms with Gasteiger partial charge >= 0.3 is 0 Å². The largest absolute Gasteiger partial charge is 0.371 e. The molecule has 2 saturated heterocycles. The Bertz CT molecular complexity index is 1270. The number of carbonyl (C=O) groups is 1. The zero-order valence-corrected chi connectivity index (χ0v) is 18.7. The second-order valence-electron chi connectivity index (χ2n) is 9.47. The topological polar surface area (TPSA) is 56.4 Å². The maximum atomic E-state index is 13.6. The van der Waals surface area contributed by atoms with Crippen LogP contribution >= 0.6 is 0 Å². The number of halogens is 2. The fourth-order valence-corrected chi connectivity index (χ4v) is 5.32. The second kappa shape index (κ2) is 8.28. The molecule has 1 spiro atoms. The summed E-state index contributed by atoms with van der Waals surface area (Å²) in [6.45, 7) is 4.86. The van der Waals surface area contributed by atoms with Crippen LogP contribution < -0.4 is 10.5 Å². The van der Waals surface area contributed by atoms with Gasteiger partial charge in [-0.2, -0.15) is 0 Å². The molecule has 0 unspecified atom stereocenters. The third kappa shape index (κ3) is 4.12. The first kappa shape index (κ1) is 21.6. The molecule has 0 radical (unpaired) electrons. The number of amides is 1. The van der Waals surface area contributed by atoms with Gasteiger partial charge in [-0.3, -0.25) is 9.59 Å². The molecule has 7 heteroatoms. The number of aromatic nitrogens is 1. The van der Waals surface area contributed by atoms with Gasteiger partial charge in [0.2, 0.25) is 5.56 Å². The smallest absolute Gasteiger partial charge is 0.254 e. The van der Waals surface area contributed by atoms with E-state index in [4.69, 9.17) is 0 Å². The molecule has 33 heavy (non-hydrogen) atoms. The summed E-state index contributed by atoms with van der Waals surface area (Å²) in [4.78, 5) is 32.3. The fourth-order valence-electron chi connectivity index (χ4n) is 5.32. The number of likely N-dealkylation sites (tertiary alicyclic amines) is 1. The zero-order valence-electron chi connectivity index (χ0n) is 18.7. The van der Waals surface area contributed by atoms with Crippen LogP contribution in [-0.4, -0.2) is 42.0 Å². The van der Waals surface area contributed by atoms with Crippen molar-refractivity contribution < 1.29 is 13.6 Å². The number of piperidine rings is 2. The number of aryl methyl sites for hydroxylation is 1. The van der Waals surface area contributed by atoms with Gasteiger partial charge < -0.3 is 14.8 Å². The molecule has 2 aliphatic rings. The standard InChI is InChI=1S/C26H27F2N3O2/c1-17-2-5-23-19(14-17)20(16-24(32)29-23)25(33)31-12-8-26(9-13-31)6-10-30(11-7-26)18-3-4-21(27)22(28)15-18/h2-5,14-16H,6-13H2,1H3,(H,29,32). The summed E-state index contributed by atoms with van der Waals surface area (Å²) in [6.07, 6.45) is 3.73. The highest BCUT2D eigenvalue weighted by atomic mass is 19.2. The Kier molecular flexibility index (Phi) is 5.43. The van der Waals surface area contributed by atoms with E-state index in [9.17, 15) is 18.4 Å². The highest BCUT2D eigenvalue weighted by molar-refractivity contribution is 6.06. The summed E-state index contributed by atoms with van der Waals surface area (Å²) < 4.78 is 26.9. The van der Waals surface area contributed by atoms with Gasteiger partial charge in [-0.25, -0.2) is 8.78 Å². The number of hydrogen-bond donors (Lipinski definition) is 1. The lowest BCUT2D eigenvalue weighted by atomic mass is 9.71. The van der Waals surface area contributed by atoms with Gasteiger partial charge in [0.05, 0.1) is 5.56 Å². The number of fused-ring (bicyclic) bond motifs is 1. The molecule has 3 aromatic rings. The van der Waals surface area contributed by atoms with Crippen molar-refractivity contribution in [1.82, 2.24) is 9.88 Å². The molecule has 1 amide bonds. The van der Waals surface area contributed by atoms with E-state index in [2.05, 4.69) is 9.88 Å². The molecule has 0 bridgehead atoms. The van der Waals surface area contributed by atoms with Crippen molar-refractivity contribution in [2.75, 3.05) is 31.1 Å². The van der Waals surface area contributed by atoms with Crippen LogP contribution in [0.4, 0.5) is 14.5 Å². The Morgan fingerprint density at radius 1 is 0.909 bits per heavy atom. The van der Waals surface area contributed by atoms with Crippen LogP contribution in [0.1, 0.15) is 41.6 Å². The molecule has 0 atom stereocenters. The van der Waals surface area contributed by atoms with Gasteiger partial charge in [0, 0.05) is 54.9 Å². The van der Waals surface area contributed by atoms with Crippen LogP contribution in [0.15, 0.2) is 47.3 Å². The molecular weight excluding hydrogens is 424 g/mol. The molecule has 172 valence electrons. The Morgan fingerprint density at radius 3 is 2.30 bits per heavy atom. The van der Waals surface area contributed by atoms with E-state index in [1.54, 1.807) is 6.07 Å². The molecule has 2 aromatic carbocycles. The summed E-state index contributed by atoms with van der Waals surface area (Å²) in [5, 5.41) is 0.778. The van der Waals surface area contributed by atoms with Crippen LogP contribution in [0.2, 0.25) is 0 Å². The predicted molar refractivity (Wildman–Crippen MR) is 125 cm³/mol. The van der Waals surface area contributed by atoms with Gasteiger partial charge in [-0.1, -0.05) is 11.6 Å². The lowest BCUT2D eigenvalue weighted by molar-refractivity contribution is 0.0516. The van der Waals surface area contributed by atoms with E-state index in [0.717, 1.165) is 49.7 Å². The first-order valence-corrected chi connectivity index (χ1v) is 11.5. The Labute approximate surface area is 191 Å². The van der Waals surface area contributed by atoms with Crippen molar-refractivity contribution >= 4 is 22.5 Å². The van der Waals surface area contributed by atoms with Crippen molar-refractivity contribution in [2.24, 2.45) is 5.41 Å². The minimum atomic E-state index is -0.826. The average molecular weight is 452 g/mol. The lowest BCUT2D eigenvalue weighted by Crippen LogP contribution is -2.48. The van der Waals surface area contributed by atoms with Crippen LogP contribution in [0.3, 0.4) is 0 Å².